The minimum atomic E-state index is -4.67. The fourth-order valence-corrected chi connectivity index (χ4v) is 5.26. The van der Waals surface area contributed by atoms with Crippen molar-refractivity contribution < 1.29 is 32.5 Å². The van der Waals surface area contributed by atoms with E-state index in [1.165, 1.54) is 24.3 Å². The van der Waals surface area contributed by atoms with Crippen molar-refractivity contribution in [2.24, 2.45) is 16.9 Å². The van der Waals surface area contributed by atoms with Crippen LogP contribution in [0.15, 0.2) is 41.5 Å². The number of nitriles is 1. The summed E-state index contributed by atoms with van der Waals surface area (Å²) in [5.74, 6) is 0.591. The minimum absolute atomic E-state index is 0.106. The first-order chi connectivity index (χ1) is 16.3. The van der Waals surface area contributed by atoms with E-state index in [0.29, 0.717) is 17.0 Å². The van der Waals surface area contributed by atoms with Crippen LogP contribution in [0.25, 0.3) is 0 Å². The third-order valence-corrected chi connectivity index (χ3v) is 6.69. The normalized spacial score (nSPS) is 21.8. The summed E-state index contributed by atoms with van der Waals surface area (Å²) < 4.78 is 51.6. The van der Waals surface area contributed by atoms with E-state index in [-0.39, 0.29) is 35.9 Å². The molecule has 2 unspecified atom stereocenters. The van der Waals surface area contributed by atoms with Crippen LogP contribution in [0.1, 0.15) is 42.4 Å². The van der Waals surface area contributed by atoms with Crippen LogP contribution < -0.4 is 14.5 Å². The smallest absolute Gasteiger partial charge is 0.492 e. The number of carboxylic acid groups (broad SMARTS) is 1. The standard InChI is InChI=1S/C24H20F3N3O4/c25-24(26,27)19-9-15(6-5-14(19)11-28)30-22(13-3-1-2-4-13)18-12-33-20-10-16(34-23(31)32)7-8-17(20)21(18)29-30/h5-10,13,18,22H,1-4,12H2,(H,31,32). The molecule has 1 N–H and O–H groups in total. The molecule has 176 valence electrons. The number of carbonyl (C=O) groups is 1. The third kappa shape index (κ3) is 3.81. The van der Waals surface area contributed by atoms with Crippen molar-refractivity contribution in [3.05, 3.63) is 53.1 Å². The minimum Gasteiger partial charge on any atom is -0.492 e. The molecule has 0 radical (unpaired) electrons. The lowest BCUT2D eigenvalue weighted by atomic mass is 9.82. The fraction of sp³-hybridized carbons (Fsp3) is 0.375. The topological polar surface area (TPSA) is 95.2 Å². The molecule has 10 heteroatoms. The van der Waals surface area contributed by atoms with Gasteiger partial charge >= 0.3 is 12.3 Å². The molecular weight excluding hydrogens is 451 g/mol. The van der Waals surface area contributed by atoms with Crippen molar-refractivity contribution in [1.82, 2.24) is 0 Å². The van der Waals surface area contributed by atoms with Crippen molar-refractivity contribution in [2.45, 2.75) is 37.9 Å². The molecule has 2 aromatic carbocycles. The molecule has 0 saturated heterocycles. The predicted octanol–water partition coefficient (Wildman–Crippen LogP) is 5.43. The molecule has 2 aliphatic heterocycles. The van der Waals surface area contributed by atoms with E-state index in [0.717, 1.165) is 31.7 Å². The maximum atomic E-state index is 13.6. The van der Waals surface area contributed by atoms with Gasteiger partial charge in [0.2, 0.25) is 0 Å². The number of benzene rings is 2. The maximum Gasteiger partial charge on any atom is 0.511 e. The first kappa shape index (κ1) is 22.1. The molecule has 1 aliphatic carbocycles. The lowest BCUT2D eigenvalue weighted by Crippen LogP contribution is -2.43. The van der Waals surface area contributed by atoms with Gasteiger partial charge in [-0.15, -0.1) is 0 Å². The van der Waals surface area contributed by atoms with E-state index in [9.17, 15) is 18.0 Å². The van der Waals surface area contributed by atoms with Gasteiger partial charge in [0.1, 0.15) is 11.5 Å². The summed E-state index contributed by atoms with van der Waals surface area (Å²) in [6.07, 6.45) is -2.13. The van der Waals surface area contributed by atoms with Crippen LogP contribution in [-0.4, -0.2) is 29.6 Å². The van der Waals surface area contributed by atoms with E-state index in [1.807, 2.05) is 0 Å². The number of halogens is 3. The summed E-state index contributed by atoms with van der Waals surface area (Å²) in [6.45, 7) is 0.266. The van der Waals surface area contributed by atoms with Gasteiger partial charge in [0, 0.05) is 11.6 Å². The van der Waals surface area contributed by atoms with Crippen molar-refractivity contribution in [3.8, 4) is 17.6 Å². The van der Waals surface area contributed by atoms with E-state index >= 15 is 0 Å². The van der Waals surface area contributed by atoms with Crippen molar-refractivity contribution >= 4 is 17.6 Å². The molecule has 0 spiro atoms. The second-order valence-electron chi connectivity index (χ2n) is 8.65. The summed E-state index contributed by atoms with van der Waals surface area (Å²) in [5.41, 5.74) is 0.206. The van der Waals surface area contributed by atoms with Crippen LogP contribution in [0.4, 0.5) is 23.7 Å². The zero-order chi connectivity index (χ0) is 24.0. The quantitative estimate of drug-likeness (QED) is 0.474. The van der Waals surface area contributed by atoms with Crippen LogP contribution in [0.5, 0.6) is 11.5 Å². The summed E-state index contributed by atoms with van der Waals surface area (Å²) in [5, 5.41) is 24.5. The fourth-order valence-electron chi connectivity index (χ4n) is 5.26. The van der Waals surface area contributed by atoms with Crippen molar-refractivity contribution in [2.75, 3.05) is 11.6 Å². The van der Waals surface area contributed by atoms with E-state index in [4.69, 9.17) is 24.9 Å². The molecule has 2 heterocycles. The first-order valence-corrected chi connectivity index (χ1v) is 10.9. The third-order valence-electron chi connectivity index (χ3n) is 6.69. The lowest BCUT2D eigenvalue weighted by Gasteiger charge is -2.34. The van der Waals surface area contributed by atoms with Crippen LogP contribution in [0.3, 0.4) is 0 Å². The van der Waals surface area contributed by atoms with Gasteiger partial charge in [-0.3, -0.25) is 5.01 Å². The highest BCUT2D eigenvalue weighted by atomic mass is 19.4. The average molecular weight is 471 g/mol. The second kappa shape index (κ2) is 8.24. The molecule has 2 atom stereocenters. The first-order valence-electron chi connectivity index (χ1n) is 10.9. The highest BCUT2D eigenvalue weighted by Crippen LogP contribution is 2.45. The largest absolute Gasteiger partial charge is 0.511 e. The van der Waals surface area contributed by atoms with E-state index in [1.54, 1.807) is 17.1 Å². The average Bonchev–Trinajstić information content (AvgIpc) is 3.45. The number of anilines is 1. The molecule has 34 heavy (non-hydrogen) atoms. The Labute approximate surface area is 193 Å². The zero-order valence-corrected chi connectivity index (χ0v) is 17.9. The summed E-state index contributed by atoms with van der Waals surface area (Å²) >= 11 is 0. The molecule has 5 rings (SSSR count). The summed E-state index contributed by atoms with van der Waals surface area (Å²) in [7, 11) is 0. The highest BCUT2D eigenvalue weighted by molar-refractivity contribution is 6.08. The van der Waals surface area contributed by atoms with E-state index in [2.05, 4.69) is 0 Å². The number of fused-ring (bicyclic) bond motifs is 3. The predicted molar refractivity (Wildman–Crippen MR) is 115 cm³/mol. The van der Waals surface area contributed by atoms with Gasteiger partial charge in [-0.25, -0.2) is 4.79 Å². The van der Waals surface area contributed by atoms with Crippen molar-refractivity contribution in [1.29, 1.82) is 5.26 Å². The molecule has 3 aliphatic rings. The Kier molecular flexibility index (Phi) is 5.35. The Bertz CT molecular complexity index is 1210. The van der Waals surface area contributed by atoms with Gasteiger partial charge in [0.25, 0.3) is 0 Å². The van der Waals surface area contributed by atoms with Gasteiger partial charge in [-0.1, -0.05) is 12.8 Å². The number of ether oxygens (including phenoxy) is 2. The van der Waals surface area contributed by atoms with Gasteiger partial charge in [-0.05, 0) is 49.1 Å². The Hall–Kier alpha value is -3.74. The number of alkyl halides is 3. The lowest BCUT2D eigenvalue weighted by molar-refractivity contribution is -0.137. The van der Waals surface area contributed by atoms with Crippen LogP contribution in [0, 0.1) is 23.2 Å². The molecular formula is C24H20F3N3O4. The monoisotopic (exact) mass is 471 g/mol. The van der Waals surface area contributed by atoms with Gasteiger partial charge in [-0.2, -0.15) is 23.5 Å². The molecule has 1 fully saturated rings. The summed E-state index contributed by atoms with van der Waals surface area (Å²) in [4.78, 5) is 10.9. The molecule has 1 saturated carbocycles. The molecule has 0 amide bonds. The Morgan fingerprint density at radius 3 is 2.65 bits per heavy atom. The van der Waals surface area contributed by atoms with Crippen LogP contribution in [-0.2, 0) is 6.18 Å². The number of hydrazone groups is 1. The number of nitrogens with zero attached hydrogens (tertiary/aromatic N) is 3. The molecule has 0 aromatic heterocycles. The van der Waals surface area contributed by atoms with Gasteiger partial charge in [0.15, 0.2) is 0 Å². The SMILES string of the molecule is N#Cc1ccc(N2N=C3c4ccc(OC(=O)O)cc4OCC3C2C2CCCC2)cc1C(F)(F)F. The summed E-state index contributed by atoms with van der Waals surface area (Å²) in [6, 6.07) is 9.75. The molecule has 7 nitrogen and oxygen atoms in total. The van der Waals surface area contributed by atoms with Gasteiger partial charge in [0.05, 0.1) is 47.2 Å². The zero-order valence-electron chi connectivity index (χ0n) is 17.9. The Morgan fingerprint density at radius 1 is 1.21 bits per heavy atom. The maximum absolute atomic E-state index is 13.6. The second-order valence-corrected chi connectivity index (χ2v) is 8.65. The number of rotatable bonds is 3. The van der Waals surface area contributed by atoms with Crippen LogP contribution >= 0.6 is 0 Å². The van der Waals surface area contributed by atoms with Crippen molar-refractivity contribution in [3.63, 3.8) is 0 Å². The van der Waals surface area contributed by atoms with E-state index < -0.39 is 23.5 Å². The number of hydrogen-bond acceptors (Lipinski definition) is 6. The molecule has 2 aromatic rings. The number of hydrogen-bond donors (Lipinski definition) is 1. The Balaban J connectivity index is 1.59. The van der Waals surface area contributed by atoms with Gasteiger partial charge < -0.3 is 14.6 Å². The molecule has 0 bridgehead atoms. The highest BCUT2D eigenvalue weighted by Gasteiger charge is 2.47. The Morgan fingerprint density at radius 2 is 1.97 bits per heavy atom. The van der Waals surface area contributed by atoms with Crippen LogP contribution in [0.2, 0.25) is 0 Å².